The van der Waals surface area contributed by atoms with Crippen LogP contribution in [0.4, 0.5) is 0 Å². The molecule has 1 atom stereocenters. The Hall–Kier alpha value is -2.50. The van der Waals surface area contributed by atoms with Crippen LogP contribution < -0.4 is 20.1 Å². The van der Waals surface area contributed by atoms with E-state index < -0.39 is 0 Å². The summed E-state index contributed by atoms with van der Waals surface area (Å²) in [7, 11) is 0. The molecule has 0 aliphatic carbocycles. The fourth-order valence-electron chi connectivity index (χ4n) is 2.52. The van der Waals surface area contributed by atoms with Crippen molar-refractivity contribution in [1.82, 2.24) is 10.6 Å². The molecule has 24 heavy (non-hydrogen) atoms. The summed E-state index contributed by atoms with van der Waals surface area (Å²) in [6.45, 7) is 6.80. The molecule has 0 aromatic heterocycles. The zero-order valence-electron chi connectivity index (χ0n) is 14.3. The number of carbonyl (C=O) groups is 2. The molecule has 1 aliphatic rings. The van der Waals surface area contributed by atoms with Crippen LogP contribution in [0.3, 0.4) is 0 Å². The first kappa shape index (κ1) is 17.8. The topological polar surface area (TPSA) is 76.7 Å². The highest BCUT2D eigenvalue weighted by Crippen LogP contribution is 2.35. The molecule has 1 aliphatic heterocycles. The van der Waals surface area contributed by atoms with Crippen LogP contribution in [0.1, 0.15) is 31.9 Å². The van der Waals surface area contributed by atoms with E-state index in [1.807, 2.05) is 32.9 Å². The van der Waals surface area contributed by atoms with Crippen LogP contribution in [0.25, 0.3) is 6.08 Å². The molecule has 0 spiro atoms. The minimum Gasteiger partial charge on any atom is -0.493 e. The van der Waals surface area contributed by atoms with E-state index in [0.29, 0.717) is 13.2 Å². The van der Waals surface area contributed by atoms with Gasteiger partial charge in [0.1, 0.15) is 17.6 Å². The lowest BCUT2D eigenvalue weighted by atomic mass is 10.1. The fourth-order valence-corrected chi connectivity index (χ4v) is 2.52. The number of nitrogens with one attached hydrogen (secondary N) is 2. The number of hydrogen-bond acceptors (Lipinski definition) is 4. The van der Waals surface area contributed by atoms with Crippen molar-refractivity contribution in [2.75, 3.05) is 19.7 Å². The van der Waals surface area contributed by atoms with Gasteiger partial charge in [0.15, 0.2) is 0 Å². The summed E-state index contributed by atoms with van der Waals surface area (Å²) in [5, 5.41) is 5.16. The molecule has 1 heterocycles. The van der Waals surface area contributed by atoms with E-state index in [2.05, 4.69) is 10.6 Å². The van der Waals surface area contributed by atoms with E-state index in [9.17, 15) is 9.59 Å². The van der Waals surface area contributed by atoms with Crippen molar-refractivity contribution < 1.29 is 19.1 Å². The Morgan fingerprint density at radius 1 is 1.33 bits per heavy atom. The lowest BCUT2D eigenvalue weighted by molar-refractivity contribution is -0.123. The Bertz CT molecular complexity index is 640. The van der Waals surface area contributed by atoms with Gasteiger partial charge in [0.05, 0.1) is 13.2 Å². The maximum Gasteiger partial charge on any atom is 0.244 e. The van der Waals surface area contributed by atoms with E-state index >= 15 is 0 Å². The Kier molecular flexibility index (Phi) is 6.23. The fraction of sp³-hybridized carbons (Fsp3) is 0.444. The second kappa shape index (κ2) is 8.38. The van der Waals surface area contributed by atoms with E-state index in [4.69, 9.17) is 9.47 Å². The lowest BCUT2D eigenvalue weighted by Gasteiger charge is -2.10. The molecule has 0 radical (unpaired) electrons. The molecule has 2 rings (SSSR count). The summed E-state index contributed by atoms with van der Waals surface area (Å²) in [6, 6.07) is 3.85. The van der Waals surface area contributed by atoms with Crippen LogP contribution in [-0.4, -0.2) is 37.6 Å². The van der Waals surface area contributed by atoms with Gasteiger partial charge < -0.3 is 20.1 Å². The maximum atomic E-state index is 11.8. The summed E-state index contributed by atoms with van der Waals surface area (Å²) in [4.78, 5) is 23.2. The molecule has 0 unspecified atom stereocenters. The summed E-state index contributed by atoms with van der Waals surface area (Å²) in [5.41, 5.74) is 1.89. The number of likely N-dealkylation sites (N-methyl/N-ethyl adjacent to an activating group) is 1. The Morgan fingerprint density at radius 3 is 2.83 bits per heavy atom. The minimum atomic E-state index is -0.335. The molecule has 2 N–H and O–H groups in total. The highest BCUT2D eigenvalue weighted by molar-refractivity contribution is 5.94. The maximum absolute atomic E-state index is 11.8. The van der Waals surface area contributed by atoms with Crippen molar-refractivity contribution in [3.63, 3.8) is 0 Å². The largest absolute Gasteiger partial charge is 0.493 e. The first-order valence-electron chi connectivity index (χ1n) is 8.22. The third-order valence-electron chi connectivity index (χ3n) is 3.54. The average Bonchev–Trinajstić information content (AvgIpc) is 2.90. The Labute approximate surface area is 142 Å². The van der Waals surface area contributed by atoms with Crippen LogP contribution in [-0.2, 0) is 16.0 Å². The number of hydrogen-bond donors (Lipinski definition) is 2. The third-order valence-corrected chi connectivity index (χ3v) is 3.54. The average molecular weight is 332 g/mol. The molecular formula is C18H24N2O4. The van der Waals surface area contributed by atoms with Crippen molar-refractivity contribution in [1.29, 1.82) is 0 Å². The molecule has 0 saturated carbocycles. The Morgan fingerprint density at radius 2 is 2.12 bits per heavy atom. The number of carbonyl (C=O) groups excluding carboxylic acids is 2. The molecular weight excluding hydrogens is 308 g/mol. The van der Waals surface area contributed by atoms with Gasteiger partial charge in [-0.2, -0.15) is 0 Å². The molecule has 0 fully saturated rings. The molecule has 2 amide bonds. The van der Waals surface area contributed by atoms with Crippen molar-refractivity contribution in [2.24, 2.45) is 0 Å². The van der Waals surface area contributed by atoms with Crippen molar-refractivity contribution in [2.45, 2.75) is 33.3 Å². The molecule has 1 aromatic carbocycles. The smallest absolute Gasteiger partial charge is 0.244 e. The SMILES string of the molecule is CCNC(=O)CNC(=O)/C=C/c1cc2c(cc1OCC)C[C@H](C)O2. The number of benzene rings is 1. The van der Waals surface area contributed by atoms with E-state index in [-0.39, 0.29) is 24.5 Å². The number of amides is 2. The predicted molar refractivity (Wildman–Crippen MR) is 92.1 cm³/mol. The van der Waals surface area contributed by atoms with Gasteiger partial charge in [-0.05, 0) is 39.0 Å². The normalized spacial score (nSPS) is 15.7. The minimum absolute atomic E-state index is 0.0415. The first-order valence-corrected chi connectivity index (χ1v) is 8.22. The number of ether oxygens (including phenoxy) is 2. The summed E-state index contributed by atoms with van der Waals surface area (Å²) >= 11 is 0. The molecule has 130 valence electrons. The van der Waals surface area contributed by atoms with Crippen LogP contribution >= 0.6 is 0 Å². The molecule has 0 saturated heterocycles. The van der Waals surface area contributed by atoms with Gasteiger partial charge in [0, 0.05) is 30.2 Å². The third kappa shape index (κ3) is 4.75. The highest BCUT2D eigenvalue weighted by atomic mass is 16.5. The predicted octanol–water partition coefficient (Wildman–Crippen LogP) is 1.67. The van der Waals surface area contributed by atoms with Gasteiger partial charge in [0.2, 0.25) is 11.8 Å². The number of fused-ring (bicyclic) bond motifs is 1. The van der Waals surface area contributed by atoms with Gasteiger partial charge in [-0.1, -0.05) is 0 Å². The van der Waals surface area contributed by atoms with Gasteiger partial charge in [-0.3, -0.25) is 9.59 Å². The molecule has 6 heteroatoms. The quantitative estimate of drug-likeness (QED) is 0.745. The molecule has 1 aromatic rings. The highest BCUT2D eigenvalue weighted by Gasteiger charge is 2.21. The summed E-state index contributed by atoms with van der Waals surface area (Å²) in [6.07, 6.45) is 4.06. The summed E-state index contributed by atoms with van der Waals surface area (Å²) in [5.74, 6) is 1.00. The second-order valence-electron chi connectivity index (χ2n) is 5.57. The van der Waals surface area contributed by atoms with Gasteiger partial charge >= 0.3 is 0 Å². The second-order valence-corrected chi connectivity index (χ2v) is 5.57. The van der Waals surface area contributed by atoms with Crippen LogP contribution in [0.2, 0.25) is 0 Å². The van der Waals surface area contributed by atoms with Crippen molar-refractivity contribution in [3.05, 3.63) is 29.3 Å². The van der Waals surface area contributed by atoms with E-state index in [1.54, 1.807) is 6.08 Å². The first-order chi connectivity index (χ1) is 11.5. The molecule has 0 bridgehead atoms. The van der Waals surface area contributed by atoms with E-state index in [1.165, 1.54) is 6.08 Å². The Balaban J connectivity index is 2.06. The number of rotatable bonds is 7. The van der Waals surface area contributed by atoms with E-state index in [0.717, 1.165) is 29.0 Å². The van der Waals surface area contributed by atoms with Crippen LogP contribution in [0.15, 0.2) is 18.2 Å². The zero-order chi connectivity index (χ0) is 17.5. The van der Waals surface area contributed by atoms with Gasteiger partial charge in [-0.25, -0.2) is 0 Å². The summed E-state index contributed by atoms with van der Waals surface area (Å²) < 4.78 is 11.4. The van der Waals surface area contributed by atoms with Crippen molar-refractivity contribution >= 4 is 17.9 Å². The van der Waals surface area contributed by atoms with Crippen LogP contribution in [0.5, 0.6) is 11.5 Å². The molecule has 6 nitrogen and oxygen atoms in total. The monoisotopic (exact) mass is 332 g/mol. The van der Waals surface area contributed by atoms with Crippen molar-refractivity contribution in [3.8, 4) is 11.5 Å². The zero-order valence-corrected chi connectivity index (χ0v) is 14.3. The van der Waals surface area contributed by atoms with Crippen LogP contribution in [0, 0.1) is 0 Å². The lowest BCUT2D eigenvalue weighted by Crippen LogP contribution is -2.35. The standard InChI is InChI=1S/C18H24N2O4/c1-4-19-18(22)11-20-17(21)7-6-13-9-16-14(8-12(3)24-16)10-15(13)23-5-2/h6-7,9-10,12H,4-5,8,11H2,1-3H3,(H,19,22)(H,20,21)/b7-6+/t12-/m0/s1. The van der Waals surface area contributed by atoms with Gasteiger partial charge in [-0.15, -0.1) is 0 Å². The van der Waals surface area contributed by atoms with Gasteiger partial charge in [0.25, 0.3) is 0 Å².